The van der Waals surface area contributed by atoms with E-state index in [1.54, 1.807) is 13.1 Å². The van der Waals surface area contributed by atoms with Gasteiger partial charge in [0.05, 0.1) is 47.6 Å². The van der Waals surface area contributed by atoms with Gasteiger partial charge < -0.3 is 10.1 Å². The topological polar surface area (TPSA) is 85.2 Å². The number of allylic oxidation sites excluding steroid dienone is 1. The van der Waals surface area contributed by atoms with Crippen LogP contribution < -0.4 is 5.32 Å². The summed E-state index contributed by atoms with van der Waals surface area (Å²) in [7, 11) is 0. The van der Waals surface area contributed by atoms with Gasteiger partial charge in [-0.25, -0.2) is 9.67 Å². The molecule has 1 aliphatic carbocycles. The van der Waals surface area contributed by atoms with E-state index in [0.717, 1.165) is 69.1 Å². The van der Waals surface area contributed by atoms with Crippen molar-refractivity contribution < 1.29 is 22.7 Å². The summed E-state index contributed by atoms with van der Waals surface area (Å²) in [4.78, 5) is 24.0. The van der Waals surface area contributed by atoms with Crippen LogP contribution in [0.1, 0.15) is 52.1 Å². The van der Waals surface area contributed by atoms with Crippen LogP contribution in [0.25, 0.3) is 11.4 Å². The quantitative estimate of drug-likeness (QED) is 0.513. The average Bonchev–Trinajstić information content (AvgIpc) is 3.31. The first-order valence-corrected chi connectivity index (χ1v) is 12.6. The van der Waals surface area contributed by atoms with Crippen LogP contribution in [0.4, 0.5) is 18.9 Å². The summed E-state index contributed by atoms with van der Waals surface area (Å²) in [6, 6.07) is 4.58. The van der Waals surface area contributed by atoms with E-state index in [1.165, 1.54) is 22.5 Å². The first-order chi connectivity index (χ1) is 18.2. The lowest BCUT2D eigenvalue weighted by Gasteiger charge is -2.36. The monoisotopic (exact) mass is 526 g/mol. The number of carbonyl (C=O) groups excluding carboxylic acids is 1. The number of carbonyl (C=O) groups is 1. The number of nitrogens with one attached hydrogen (secondary N) is 1. The van der Waals surface area contributed by atoms with E-state index in [-0.39, 0.29) is 17.3 Å². The van der Waals surface area contributed by atoms with Gasteiger partial charge >= 0.3 is 6.18 Å². The third kappa shape index (κ3) is 5.63. The molecule has 4 heterocycles. The molecule has 3 aromatic heterocycles. The second-order valence-electron chi connectivity index (χ2n) is 9.63. The predicted molar refractivity (Wildman–Crippen MR) is 136 cm³/mol. The summed E-state index contributed by atoms with van der Waals surface area (Å²) in [5, 5.41) is 7.10. The predicted octanol–water partition coefficient (Wildman–Crippen LogP) is 4.82. The fourth-order valence-corrected chi connectivity index (χ4v) is 4.98. The van der Waals surface area contributed by atoms with Gasteiger partial charge in [0.2, 0.25) is 0 Å². The van der Waals surface area contributed by atoms with Crippen molar-refractivity contribution in [1.82, 2.24) is 24.6 Å². The Balaban J connectivity index is 1.25. The van der Waals surface area contributed by atoms with Crippen molar-refractivity contribution in [2.24, 2.45) is 0 Å². The average molecular weight is 527 g/mol. The number of ether oxygens (including phenoxy) is 1. The highest BCUT2D eigenvalue weighted by molar-refractivity contribution is 6.05. The van der Waals surface area contributed by atoms with E-state index >= 15 is 0 Å². The number of alkyl halides is 3. The Kier molecular flexibility index (Phi) is 7.31. The summed E-state index contributed by atoms with van der Waals surface area (Å²) in [5.74, 6) is -0.210. The van der Waals surface area contributed by atoms with Crippen molar-refractivity contribution in [1.29, 1.82) is 0 Å². The molecule has 1 fully saturated rings. The van der Waals surface area contributed by atoms with Crippen molar-refractivity contribution in [3.63, 3.8) is 0 Å². The number of nitrogens with zero attached hydrogens (tertiary/aromatic N) is 5. The number of halogens is 3. The van der Waals surface area contributed by atoms with Gasteiger partial charge in [0.15, 0.2) is 5.82 Å². The van der Waals surface area contributed by atoms with Crippen LogP contribution in [-0.2, 0) is 10.9 Å². The third-order valence-electron chi connectivity index (χ3n) is 7.04. The van der Waals surface area contributed by atoms with Crippen molar-refractivity contribution in [3.05, 3.63) is 70.9 Å². The molecule has 5 rings (SSSR count). The minimum Gasteiger partial charge on any atom is -0.379 e. The molecule has 2 aliphatic rings. The minimum atomic E-state index is -4.48. The molecule has 1 N–H and O–H groups in total. The highest BCUT2D eigenvalue weighted by atomic mass is 19.4. The van der Waals surface area contributed by atoms with Crippen LogP contribution in [0.15, 0.2) is 42.9 Å². The first-order valence-electron chi connectivity index (χ1n) is 12.6. The van der Waals surface area contributed by atoms with Crippen LogP contribution in [0.2, 0.25) is 0 Å². The number of rotatable bonds is 5. The molecule has 200 valence electrons. The number of aromatic nitrogens is 4. The molecule has 38 heavy (non-hydrogen) atoms. The second-order valence-corrected chi connectivity index (χ2v) is 9.63. The maximum atomic E-state index is 13.0. The first kappa shape index (κ1) is 26.1. The normalized spacial score (nSPS) is 18.8. The number of hydrogen-bond donors (Lipinski definition) is 1. The van der Waals surface area contributed by atoms with Crippen molar-refractivity contribution in [3.8, 4) is 5.82 Å². The number of hydrogen-bond acceptors (Lipinski definition) is 6. The number of morpholine rings is 1. The van der Waals surface area contributed by atoms with Gasteiger partial charge in [0.25, 0.3) is 5.91 Å². The van der Waals surface area contributed by atoms with Gasteiger partial charge in [-0.05, 0) is 62.4 Å². The SMILES string of the molecule is Cc1cc(NC(=O)c2cn(-c3ccc(C(F)(F)F)cn3)nc2C)cnc1C1=CCC(N2CCOCC2)CC1. The molecule has 1 unspecified atom stereocenters. The maximum absolute atomic E-state index is 13.0. The zero-order valence-corrected chi connectivity index (χ0v) is 21.3. The molecule has 3 aromatic rings. The largest absolute Gasteiger partial charge is 0.417 e. The van der Waals surface area contributed by atoms with Gasteiger partial charge in [0.1, 0.15) is 0 Å². The Morgan fingerprint density at radius 1 is 1.13 bits per heavy atom. The molecular formula is C27H29F3N6O2. The van der Waals surface area contributed by atoms with Crippen LogP contribution in [0.3, 0.4) is 0 Å². The summed E-state index contributed by atoms with van der Waals surface area (Å²) in [6.45, 7) is 7.20. The molecule has 1 atom stereocenters. The molecule has 1 saturated heterocycles. The number of pyridine rings is 2. The van der Waals surface area contributed by atoms with E-state index < -0.39 is 11.7 Å². The molecule has 0 saturated carbocycles. The van der Waals surface area contributed by atoms with Crippen molar-refractivity contribution >= 4 is 17.2 Å². The summed E-state index contributed by atoms with van der Waals surface area (Å²) in [5.41, 5.74) is 3.56. The van der Waals surface area contributed by atoms with Gasteiger partial charge in [-0.1, -0.05) is 6.08 Å². The van der Waals surface area contributed by atoms with Gasteiger partial charge in [0, 0.05) is 31.5 Å². The highest BCUT2D eigenvalue weighted by Crippen LogP contribution is 2.31. The Labute approximate surface area is 218 Å². The van der Waals surface area contributed by atoms with Gasteiger partial charge in [-0.3, -0.25) is 14.7 Å². The smallest absolute Gasteiger partial charge is 0.379 e. The molecule has 8 nitrogen and oxygen atoms in total. The zero-order chi connectivity index (χ0) is 26.9. The van der Waals surface area contributed by atoms with E-state index in [4.69, 9.17) is 4.74 Å². The van der Waals surface area contributed by atoms with E-state index in [0.29, 0.717) is 17.4 Å². The maximum Gasteiger partial charge on any atom is 0.417 e. The third-order valence-corrected chi connectivity index (χ3v) is 7.04. The molecule has 0 bridgehead atoms. The molecule has 1 amide bonds. The van der Waals surface area contributed by atoms with Crippen molar-refractivity contribution in [2.75, 3.05) is 31.6 Å². The summed E-state index contributed by atoms with van der Waals surface area (Å²) >= 11 is 0. The van der Waals surface area contributed by atoms with Crippen LogP contribution in [-0.4, -0.2) is 62.9 Å². The second kappa shape index (κ2) is 10.7. The Morgan fingerprint density at radius 3 is 2.55 bits per heavy atom. The van der Waals surface area contributed by atoms with Gasteiger partial charge in [-0.2, -0.15) is 18.3 Å². The molecule has 0 aromatic carbocycles. The Hall–Kier alpha value is -3.57. The molecular weight excluding hydrogens is 497 g/mol. The highest BCUT2D eigenvalue weighted by Gasteiger charge is 2.31. The number of anilines is 1. The molecule has 0 spiro atoms. The van der Waals surface area contributed by atoms with Crippen LogP contribution >= 0.6 is 0 Å². The Bertz CT molecular complexity index is 1340. The summed E-state index contributed by atoms with van der Waals surface area (Å²) < 4.78 is 45.2. The van der Waals surface area contributed by atoms with Gasteiger partial charge in [-0.15, -0.1) is 0 Å². The fourth-order valence-electron chi connectivity index (χ4n) is 4.98. The summed E-state index contributed by atoms with van der Waals surface area (Å²) in [6.07, 6.45) is 4.68. The fraction of sp³-hybridized carbons (Fsp3) is 0.407. The van der Waals surface area contributed by atoms with E-state index in [9.17, 15) is 18.0 Å². The Morgan fingerprint density at radius 2 is 1.92 bits per heavy atom. The number of aryl methyl sites for hydroxylation is 2. The lowest BCUT2D eigenvalue weighted by atomic mass is 9.90. The standard InChI is InChI=1S/C27H29F3N6O2/c1-17-13-21(15-32-25(17)19-3-6-22(7-4-19)35-9-11-38-12-10-35)33-26(37)23-16-36(34-18(23)2)24-8-5-20(14-31-24)27(28,29)30/h3,5,8,13-16,22H,4,6-7,9-12H2,1-2H3,(H,33,37). The molecule has 11 heteroatoms. The van der Waals surface area contributed by atoms with Crippen molar-refractivity contribution in [2.45, 2.75) is 45.3 Å². The lowest BCUT2D eigenvalue weighted by Crippen LogP contribution is -2.43. The minimum absolute atomic E-state index is 0.179. The zero-order valence-electron chi connectivity index (χ0n) is 21.3. The molecule has 1 aliphatic heterocycles. The molecule has 0 radical (unpaired) electrons. The van der Waals surface area contributed by atoms with E-state index in [1.807, 2.05) is 13.0 Å². The van der Waals surface area contributed by atoms with E-state index in [2.05, 4.69) is 31.4 Å². The van der Waals surface area contributed by atoms with Crippen LogP contribution in [0.5, 0.6) is 0 Å². The van der Waals surface area contributed by atoms with Crippen LogP contribution in [0, 0.1) is 13.8 Å². The lowest BCUT2D eigenvalue weighted by molar-refractivity contribution is -0.137. The number of amides is 1.